The van der Waals surface area contributed by atoms with Crippen LogP contribution >= 0.6 is 0 Å². The highest BCUT2D eigenvalue weighted by Crippen LogP contribution is 2.44. The van der Waals surface area contributed by atoms with Gasteiger partial charge in [-0.3, -0.25) is 0 Å². The molecule has 0 aliphatic heterocycles. The van der Waals surface area contributed by atoms with Gasteiger partial charge in [0.25, 0.3) is 0 Å². The maximum absolute atomic E-state index is 7.14. The van der Waals surface area contributed by atoms with E-state index < -0.39 is 0 Å². The number of benzene rings is 10. The van der Waals surface area contributed by atoms with Crippen LogP contribution in [0.3, 0.4) is 0 Å². The molecule has 0 N–H and O–H groups in total. The lowest BCUT2D eigenvalue weighted by Gasteiger charge is -2.13. The number of furan rings is 1. The molecule has 0 spiro atoms. The summed E-state index contributed by atoms with van der Waals surface area (Å²) in [7, 11) is 0. The van der Waals surface area contributed by atoms with Crippen molar-refractivity contribution in [1.82, 2.24) is 19.5 Å². The number of rotatable bonds is 5. The van der Waals surface area contributed by atoms with Crippen molar-refractivity contribution >= 4 is 76.1 Å². The summed E-state index contributed by atoms with van der Waals surface area (Å²) in [5.74, 6) is 1.78. The molecule has 62 heavy (non-hydrogen) atoms. The van der Waals surface area contributed by atoms with Gasteiger partial charge in [0.1, 0.15) is 5.58 Å². The van der Waals surface area contributed by atoms with Gasteiger partial charge < -0.3 is 8.98 Å². The van der Waals surface area contributed by atoms with Crippen molar-refractivity contribution in [2.75, 3.05) is 0 Å². The molecule has 0 bridgehead atoms. The Bertz CT molecular complexity index is 3810. The van der Waals surface area contributed by atoms with E-state index in [1.54, 1.807) is 0 Å². The summed E-state index contributed by atoms with van der Waals surface area (Å²) in [6, 6.07) is 72.8. The van der Waals surface area contributed by atoms with E-state index in [9.17, 15) is 0 Å². The summed E-state index contributed by atoms with van der Waals surface area (Å²) in [4.78, 5) is 15.6. The molecule has 0 saturated heterocycles. The Kier molecular flexibility index (Phi) is 7.54. The lowest BCUT2D eigenvalue weighted by Crippen LogP contribution is -2.01. The first kappa shape index (κ1) is 34.5. The fourth-order valence-corrected chi connectivity index (χ4v) is 9.35. The fourth-order valence-electron chi connectivity index (χ4n) is 9.35. The molecule has 0 aliphatic carbocycles. The maximum atomic E-state index is 7.14. The van der Waals surface area contributed by atoms with E-state index in [0.29, 0.717) is 17.5 Å². The van der Waals surface area contributed by atoms with Crippen LogP contribution in [0.25, 0.3) is 127 Å². The van der Waals surface area contributed by atoms with E-state index in [1.165, 1.54) is 32.3 Å². The second-order valence-corrected chi connectivity index (χ2v) is 16.0. The Labute approximate surface area is 355 Å². The van der Waals surface area contributed by atoms with E-state index in [1.807, 2.05) is 24.3 Å². The molecule has 0 fully saturated rings. The highest BCUT2D eigenvalue weighted by atomic mass is 16.3. The predicted octanol–water partition coefficient (Wildman–Crippen LogP) is 15.0. The van der Waals surface area contributed by atoms with Gasteiger partial charge in [0.2, 0.25) is 0 Å². The monoisotopic (exact) mass is 790 g/mol. The van der Waals surface area contributed by atoms with E-state index in [4.69, 9.17) is 19.4 Å². The van der Waals surface area contributed by atoms with Gasteiger partial charge in [-0.15, -0.1) is 0 Å². The Balaban J connectivity index is 1.11. The van der Waals surface area contributed by atoms with Crippen LogP contribution in [0.2, 0.25) is 0 Å². The van der Waals surface area contributed by atoms with Crippen molar-refractivity contribution in [1.29, 1.82) is 0 Å². The fraction of sp³-hybridized carbons (Fsp3) is 0. The van der Waals surface area contributed by atoms with Gasteiger partial charge in [-0.2, -0.15) is 0 Å². The van der Waals surface area contributed by atoms with Crippen molar-refractivity contribution in [2.45, 2.75) is 0 Å². The van der Waals surface area contributed by atoms with Gasteiger partial charge in [-0.05, 0) is 92.0 Å². The third kappa shape index (κ3) is 5.45. The third-order valence-electron chi connectivity index (χ3n) is 12.4. The van der Waals surface area contributed by atoms with Crippen LogP contribution in [-0.2, 0) is 0 Å². The molecule has 13 aromatic rings. The van der Waals surface area contributed by atoms with Crippen LogP contribution in [0.5, 0.6) is 0 Å². The number of aromatic nitrogens is 4. The van der Waals surface area contributed by atoms with Gasteiger partial charge in [-0.25, -0.2) is 15.0 Å². The van der Waals surface area contributed by atoms with Crippen molar-refractivity contribution < 1.29 is 4.42 Å². The van der Waals surface area contributed by atoms with Gasteiger partial charge in [0.05, 0.1) is 16.7 Å². The van der Waals surface area contributed by atoms with Gasteiger partial charge in [-0.1, -0.05) is 158 Å². The normalized spacial score (nSPS) is 11.9. The van der Waals surface area contributed by atoms with Crippen LogP contribution in [0.15, 0.2) is 211 Å². The maximum Gasteiger partial charge on any atom is 0.164 e. The summed E-state index contributed by atoms with van der Waals surface area (Å²) >= 11 is 0. The predicted molar refractivity (Wildman–Crippen MR) is 256 cm³/mol. The summed E-state index contributed by atoms with van der Waals surface area (Å²) in [5, 5.41) is 11.4. The molecule has 3 heterocycles. The van der Waals surface area contributed by atoms with Gasteiger partial charge in [0.15, 0.2) is 23.1 Å². The smallest absolute Gasteiger partial charge is 0.164 e. The molecule has 5 nitrogen and oxygen atoms in total. The summed E-state index contributed by atoms with van der Waals surface area (Å²) < 4.78 is 9.53. The molecule has 3 aromatic heterocycles. The number of nitrogens with zero attached hydrogens (tertiary/aromatic N) is 4. The van der Waals surface area contributed by atoms with Gasteiger partial charge in [0, 0.05) is 38.2 Å². The molecule has 0 amide bonds. The minimum Gasteiger partial charge on any atom is -0.454 e. The second kappa shape index (κ2) is 13.6. The number of fused-ring (bicyclic) bond motifs is 9. The molecule has 0 atom stereocenters. The zero-order valence-electron chi connectivity index (χ0n) is 33.3. The molecule has 0 saturated carbocycles. The first-order valence-corrected chi connectivity index (χ1v) is 20.9. The van der Waals surface area contributed by atoms with Crippen LogP contribution in [0.1, 0.15) is 0 Å². The van der Waals surface area contributed by atoms with Crippen LogP contribution in [-0.4, -0.2) is 19.5 Å². The average Bonchev–Trinajstić information content (AvgIpc) is 3.86. The molecule has 5 heteroatoms. The Morgan fingerprint density at radius 2 is 0.758 bits per heavy atom. The zero-order valence-corrected chi connectivity index (χ0v) is 33.3. The van der Waals surface area contributed by atoms with E-state index in [0.717, 1.165) is 77.2 Å². The zero-order chi connectivity index (χ0) is 40.7. The Morgan fingerprint density at radius 3 is 1.32 bits per heavy atom. The molecular weight excluding hydrogens is 757 g/mol. The molecule has 0 radical (unpaired) electrons. The SMILES string of the molecule is c1ccc(-c2ccc(-c3nc(-c4ccccc4)nc(-c4ccc(-n5c6cc7ccccc7cc6c6cc7ccccc7cc65)c5oc6cc7ccccc7cc6c45)n3)cc2)cc1. The van der Waals surface area contributed by atoms with E-state index in [-0.39, 0.29) is 0 Å². The van der Waals surface area contributed by atoms with Crippen LogP contribution < -0.4 is 0 Å². The molecule has 0 unspecified atom stereocenters. The first-order chi connectivity index (χ1) is 30.7. The highest BCUT2D eigenvalue weighted by molar-refractivity contribution is 6.20. The largest absolute Gasteiger partial charge is 0.454 e. The molecule has 0 aliphatic rings. The van der Waals surface area contributed by atoms with Crippen molar-refractivity contribution in [3.63, 3.8) is 0 Å². The van der Waals surface area contributed by atoms with Crippen LogP contribution in [0.4, 0.5) is 0 Å². The second-order valence-electron chi connectivity index (χ2n) is 16.0. The van der Waals surface area contributed by atoms with Crippen molar-refractivity contribution in [3.8, 4) is 51.0 Å². The summed E-state index contributed by atoms with van der Waals surface area (Å²) in [5.41, 5.74) is 9.73. The standard InChI is InChI=1S/C57H34N4O/c1-3-13-35(14-4-1)36-23-25-38(26-24-36)56-58-55(37-15-5-2-6-16-37)59-57(60-56)45-27-28-49(54-53(45)48-31-41-19-9-12-22-44(41)34-52(48)62-54)61-50-32-42-20-10-7-17-39(42)29-46(50)47-30-40-18-8-11-21-43(40)33-51(47)61/h1-34H. The third-order valence-corrected chi connectivity index (χ3v) is 12.4. The van der Waals surface area contributed by atoms with E-state index in [2.05, 4.69) is 187 Å². The molecular formula is C57H34N4O. The lowest BCUT2D eigenvalue weighted by atomic mass is 10.0. The minimum absolute atomic E-state index is 0.576. The highest BCUT2D eigenvalue weighted by Gasteiger charge is 2.24. The van der Waals surface area contributed by atoms with Crippen LogP contribution in [0, 0.1) is 0 Å². The number of hydrogen-bond acceptors (Lipinski definition) is 4. The lowest BCUT2D eigenvalue weighted by molar-refractivity contribution is 0.667. The Morgan fingerprint density at radius 1 is 0.339 bits per heavy atom. The minimum atomic E-state index is 0.576. The number of hydrogen-bond donors (Lipinski definition) is 0. The average molecular weight is 791 g/mol. The Hall–Kier alpha value is -8.41. The van der Waals surface area contributed by atoms with E-state index >= 15 is 0 Å². The molecule has 10 aromatic carbocycles. The molecule has 13 rings (SSSR count). The van der Waals surface area contributed by atoms with Gasteiger partial charge >= 0.3 is 0 Å². The first-order valence-electron chi connectivity index (χ1n) is 20.9. The van der Waals surface area contributed by atoms with Crippen molar-refractivity contribution in [3.05, 3.63) is 206 Å². The summed E-state index contributed by atoms with van der Waals surface area (Å²) in [6.45, 7) is 0. The quantitative estimate of drug-likeness (QED) is 0.174. The van der Waals surface area contributed by atoms with Crippen molar-refractivity contribution in [2.24, 2.45) is 0 Å². The topological polar surface area (TPSA) is 56.7 Å². The molecule has 288 valence electrons. The summed E-state index contributed by atoms with van der Waals surface area (Å²) in [6.07, 6.45) is 0.